The highest BCUT2D eigenvalue weighted by Crippen LogP contribution is 2.33. The molecule has 8 nitrogen and oxygen atoms in total. The predicted molar refractivity (Wildman–Crippen MR) is 107 cm³/mol. The van der Waals surface area contributed by atoms with Gasteiger partial charge < -0.3 is 25.2 Å². The monoisotopic (exact) mass is 388 g/mol. The Bertz CT molecular complexity index is 752. The zero-order chi connectivity index (χ0) is 20.1. The Labute approximate surface area is 165 Å². The van der Waals surface area contributed by atoms with Crippen LogP contribution in [-0.4, -0.2) is 55.5 Å². The number of amides is 4. The van der Waals surface area contributed by atoms with Gasteiger partial charge in [-0.25, -0.2) is 4.79 Å². The molecule has 1 aromatic carbocycles. The van der Waals surface area contributed by atoms with Gasteiger partial charge in [0.05, 0.1) is 12.8 Å². The third kappa shape index (κ3) is 4.74. The van der Waals surface area contributed by atoms with Crippen LogP contribution in [0.2, 0.25) is 0 Å². The van der Waals surface area contributed by atoms with Crippen molar-refractivity contribution in [3.63, 3.8) is 0 Å². The number of anilines is 2. The highest BCUT2D eigenvalue weighted by atomic mass is 16.5. The summed E-state index contributed by atoms with van der Waals surface area (Å²) in [7, 11) is 1.56. The number of hydrogen-bond donors (Lipinski definition) is 2. The molecule has 0 aliphatic carbocycles. The fraction of sp³-hybridized carbons (Fsp3) is 0.550. The van der Waals surface area contributed by atoms with E-state index in [0.29, 0.717) is 43.1 Å². The van der Waals surface area contributed by atoms with Crippen molar-refractivity contribution in [2.24, 2.45) is 0 Å². The van der Waals surface area contributed by atoms with Crippen molar-refractivity contribution in [1.82, 2.24) is 10.2 Å². The van der Waals surface area contributed by atoms with Gasteiger partial charge >= 0.3 is 6.03 Å². The van der Waals surface area contributed by atoms with Crippen LogP contribution in [0, 0.1) is 0 Å². The van der Waals surface area contributed by atoms with E-state index in [-0.39, 0.29) is 23.9 Å². The number of nitrogens with zero attached hydrogens (tertiary/aromatic N) is 2. The van der Waals surface area contributed by atoms with Crippen LogP contribution >= 0.6 is 0 Å². The van der Waals surface area contributed by atoms with E-state index in [1.165, 1.54) is 0 Å². The summed E-state index contributed by atoms with van der Waals surface area (Å²) in [6.07, 6.45) is 3.83. The van der Waals surface area contributed by atoms with Crippen molar-refractivity contribution in [3.8, 4) is 5.75 Å². The lowest BCUT2D eigenvalue weighted by Gasteiger charge is -2.28. The minimum absolute atomic E-state index is 0.0649. The summed E-state index contributed by atoms with van der Waals surface area (Å²) < 4.78 is 5.40. The number of piperidine rings is 1. The number of benzene rings is 1. The van der Waals surface area contributed by atoms with E-state index in [1.807, 2.05) is 6.92 Å². The molecular weight excluding hydrogens is 360 g/mol. The van der Waals surface area contributed by atoms with Gasteiger partial charge in [0, 0.05) is 44.2 Å². The minimum Gasteiger partial charge on any atom is -0.495 e. The van der Waals surface area contributed by atoms with Crippen LogP contribution in [-0.2, 0) is 9.59 Å². The van der Waals surface area contributed by atoms with Crippen molar-refractivity contribution in [2.75, 3.05) is 37.0 Å². The maximum atomic E-state index is 12.3. The van der Waals surface area contributed by atoms with Gasteiger partial charge in [-0.1, -0.05) is 0 Å². The molecule has 0 aromatic heterocycles. The first-order valence-corrected chi connectivity index (χ1v) is 9.81. The molecule has 2 aliphatic rings. The summed E-state index contributed by atoms with van der Waals surface area (Å²) in [4.78, 5) is 39.8. The highest BCUT2D eigenvalue weighted by molar-refractivity contribution is 5.97. The number of ether oxygens (including phenoxy) is 1. The molecule has 28 heavy (non-hydrogen) atoms. The fourth-order valence-electron chi connectivity index (χ4n) is 3.70. The van der Waals surface area contributed by atoms with Crippen LogP contribution in [0.25, 0.3) is 0 Å². The summed E-state index contributed by atoms with van der Waals surface area (Å²) in [6, 6.07) is 4.74. The lowest BCUT2D eigenvalue weighted by Crippen LogP contribution is -2.44. The van der Waals surface area contributed by atoms with Gasteiger partial charge in [0.1, 0.15) is 5.75 Å². The molecule has 8 heteroatoms. The Morgan fingerprint density at radius 3 is 2.61 bits per heavy atom. The molecule has 0 bridgehead atoms. The Morgan fingerprint density at radius 1 is 1.14 bits per heavy atom. The van der Waals surface area contributed by atoms with E-state index in [9.17, 15) is 14.4 Å². The van der Waals surface area contributed by atoms with Crippen LogP contribution in [0.5, 0.6) is 5.75 Å². The molecule has 1 unspecified atom stereocenters. The first-order valence-electron chi connectivity index (χ1n) is 9.81. The average Bonchev–Trinajstić information content (AvgIpc) is 3.06. The maximum absolute atomic E-state index is 12.3. The molecule has 2 aliphatic heterocycles. The van der Waals surface area contributed by atoms with Crippen LogP contribution in [0.3, 0.4) is 0 Å². The minimum atomic E-state index is -0.347. The van der Waals surface area contributed by atoms with Crippen molar-refractivity contribution in [2.45, 2.75) is 45.1 Å². The Hall–Kier alpha value is -2.77. The van der Waals surface area contributed by atoms with Crippen LogP contribution in [0.4, 0.5) is 16.2 Å². The second kappa shape index (κ2) is 8.95. The molecular formula is C20H28N4O4. The Morgan fingerprint density at radius 2 is 1.93 bits per heavy atom. The number of carbonyl (C=O) groups excluding carboxylic acids is 3. The standard InChI is InChI=1S/C20H28N4O4/c1-14(13-23-10-5-7-18(23)25)21-20(27)22-15-8-9-17(28-2)16(12-15)24-11-4-3-6-19(24)26/h8-9,12,14H,3-7,10-11,13H2,1-2H3,(H2,21,22,27). The number of nitrogens with one attached hydrogen (secondary N) is 2. The Kier molecular flexibility index (Phi) is 6.38. The maximum Gasteiger partial charge on any atom is 0.319 e. The van der Waals surface area contributed by atoms with Gasteiger partial charge in [-0.05, 0) is 44.4 Å². The first kappa shape index (κ1) is 20.0. The van der Waals surface area contributed by atoms with Gasteiger partial charge in [-0.2, -0.15) is 0 Å². The number of rotatable bonds is 6. The fourth-order valence-corrected chi connectivity index (χ4v) is 3.70. The third-order valence-electron chi connectivity index (χ3n) is 5.09. The van der Waals surface area contributed by atoms with Gasteiger partial charge in [0.25, 0.3) is 0 Å². The van der Waals surface area contributed by atoms with E-state index in [4.69, 9.17) is 4.74 Å². The number of urea groups is 1. The highest BCUT2D eigenvalue weighted by Gasteiger charge is 2.24. The number of methoxy groups -OCH3 is 1. The van der Waals surface area contributed by atoms with E-state index in [1.54, 1.807) is 35.1 Å². The zero-order valence-electron chi connectivity index (χ0n) is 16.5. The van der Waals surface area contributed by atoms with E-state index in [0.717, 1.165) is 25.8 Å². The van der Waals surface area contributed by atoms with Gasteiger partial charge in [0.2, 0.25) is 11.8 Å². The molecule has 1 atom stereocenters. The van der Waals surface area contributed by atoms with Crippen molar-refractivity contribution < 1.29 is 19.1 Å². The molecule has 2 heterocycles. The van der Waals surface area contributed by atoms with Crippen molar-refractivity contribution in [3.05, 3.63) is 18.2 Å². The third-order valence-corrected chi connectivity index (χ3v) is 5.09. The van der Waals surface area contributed by atoms with Crippen molar-refractivity contribution in [1.29, 1.82) is 0 Å². The molecule has 0 spiro atoms. The summed E-state index contributed by atoms with van der Waals surface area (Å²) in [5, 5.41) is 5.66. The molecule has 2 saturated heterocycles. The molecule has 0 saturated carbocycles. The summed E-state index contributed by atoms with van der Waals surface area (Å²) >= 11 is 0. The second-order valence-electron chi connectivity index (χ2n) is 7.33. The Balaban J connectivity index is 1.63. The molecule has 4 amide bonds. The van der Waals surface area contributed by atoms with Gasteiger partial charge in [0.15, 0.2) is 0 Å². The lowest BCUT2D eigenvalue weighted by atomic mass is 10.1. The quantitative estimate of drug-likeness (QED) is 0.783. The topological polar surface area (TPSA) is 91.0 Å². The number of carbonyl (C=O) groups is 3. The van der Waals surface area contributed by atoms with E-state index >= 15 is 0 Å². The molecule has 1 aromatic rings. The molecule has 2 fully saturated rings. The van der Waals surface area contributed by atoms with Gasteiger partial charge in [-0.15, -0.1) is 0 Å². The SMILES string of the molecule is COc1ccc(NC(=O)NC(C)CN2CCCC2=O)cc1N1CCCCC1=O. The van der Waals surface area contributed by atoms with Crippen LogP contribution < -0.4 is 20.3 Å². The average molecular weight is 388 g/mol. The zero-order valence-corrected chi connectivity index (χ0v) is 16.5. The summed E-state index contributed by atoms with van der Waals surface area (Å²) in [6.45, 7) is 3.77. The van der Waals surface area contributed by atoms with Crippen molar-refractivity contribution >= 4 is 29.2 Å². The lowest BCUT2D eigenvalue weighted by molar-refractivity contribution is -0.128. The molecule has 152 valence electrons. The van der Waals surface area contributed by atoms with E-state index < -0.39 is 0 Å². The largest absolute Gasteiger partial charge is 0.495 e. The normalized spacial score (nSPS) is 18.2. The smallest absolute Gasteiger partial charge is 0.319 e. The predicted octanol–water partition coefficient (Wildman–Crippen LogP) is 2.34. The van der Waals surface area contributed by atoms with Crippen LogP contribution in [0.1, 0.15) is 39.0 Å². The summed E-state index contributed by atoms with van der Waals surface area (Å²) in [5.41, 5.74) is 1.25. The first-order chi connectivity index (χ1) is 13.5. The molecule has 3 rings (SSSR count). The van der Waals surface area contributed by atoms with E-state index in [2.05, 4.69) is 10.6 Å². The number of likely N-dealkylation sites (tertiary alicyclic amines) is 1. The number of hydrogen-bond acceptors (Lipinski definition) is 4. The second-order valence-corrected chi connectivity index (χ2v) is 7.33. The van der Waals surface area contributed by atoms with Crippen LogP contribution in [0.15, 0.2) is 18.2 Å². The summed E-state index contributed by atoms with van der Waals surface area (Å²) in [5.74, 6) is 0.803. The molecule has 0 radical (unpaired) electrons. The molecule has 2 N–H and O–H groups in total. The van der Waals surface area contributed by atoms with Gasteiger partial charge in [-0.3, -0.25) is 9.59 Å².